The van der Waals surface area contributed by atoms with Gasteiger partial charge in [0.25, 0.3) is 5.91 Å². The molecule has 0 bridgehead atoms. The molecular weight excluding hydrogens is 420 g/mol. The molecular formula is C26H28N2O3S. The highest BCUT2D eigenvalue weighted by Gasteiger charge is 2.23. The molecule has 0 saturated carbocycles. The van der Waals surface area contributed by atoms with Crippen molar-refractivity contribution in [1.82, 2.24) is 9.62 Å². The van der Waals surface area contributed by atoms with Gasteiger partial charge in [0.15, 0.2) is 0 Å². The Morgan fingerprint density at radius 1 is 0.969 bits per heavy atom. The Balaban J connectivity index is 1.69. The van der Waals surface area contributed by atoms with E-state index in [1.807, 2.05) is 38.1 Å². The van der Waals surface area contributed by atoms with Crippen molar-refractivity contribution in [2.75, 3.05) is 6.54 Å². The molecule has 0 heterocycles. The quantitative estimate of drug-likeness (QED) is 0.486. The number of aryl methyl sites for hydroxylation is 2. The summed E-state index contributed by atoms with van der Waals surface area (Å²) in [6.45, 7) is 8.45. The molecule has 5 nitrogen and oxygen atoms in total. The molecule has 0 fully saturated rings. The zero-order valence-corrected chi connectivity index (χ0v) is 19.2. The molecule has 0 aromatic heterocycles. The Kier molecular flexibility index (Phi) is 7.62. The monoisotopic (exact) mass is 448 g/mol. The van der Waals surface area contributed by atoms with Crippen molar-refractivity contribution in [1.29, 1.82) is 0 Å². The van der Waals surface area contributed by atoms with Crippen molar-refractivity contribution in [2.45, 2.75) is 31.8 Å². The Hall–Kier alpha value is -3.22. The number of hydrogen-bond donors (Lipinski definition) is 1. The van der Waals surface area contributed by atoms with E-state index in [1.165, 1.54) is 4.31 Å². The van der Waals surface area contributed by atoms with Gasteiger partial charge in [0.2, 0.25) is 10.0 Å². The molecule has 3 rings (SSSR count). The van der Waals surface area contributed by atoms with Crippen molar-refractivity contribution >= 4 is 15.9 Å². The van der Waals surface area contributed by atoms with Gasteiger partial charge in [0.05, 0.1) is 4.90 Å². The Morgan fingerprint density at radius 2 is 1.62 bits per heavy atom. The van der Waals surface area contributed by atoms with Gasteiger partial charge in [-0.2, -0.15) is 4.31 Å². The fraction of sp³-hybridized carbons (Fsp3) is 0.192. The lowest BCUT2D eigenvalue weighted by atomic mass is 10.1. The van der Waals surface area contributed by atoms with Crippen LogP contribution in [0.2, 0.25) is 0 Å². The summed E-state index contributed by atoms with van der Waals surface area (Å²) < 4.78 is 27.5. The average Bonchev–Trinajstić information content (AvgIpc) is 2.79. The second kappa shape index (κ2) is 10.4. The van der Waals surface area contributed by atoms with E-state index in [9.17, 15) is 13.2 Å². The first-order chi connectivity index (χ1) is 15.3. The molecule has 166 valence electrons. The molecule has 3 aromatic carbocycles. The predicted molar refractivity (Wildman–Crippen MR) is 128 cm³/mol. The Bertz CT molecular complexity index is 1180. The Labute approximate surface area is 190 Å². The SMILES string of the molecule is C=CCN(Cc1ccc(C(=O)NCc2ccccc2C)cc1)S(=O)(=O)c1ccc(C)cc1. The van der Waals surface area contributed by atoms with E-state index in [0.717, 1.165) is 22.3 Å². The van der Waals surface area contributed by atoms with Crippen LogP contribution in [0.15, 0.2) is 90.3 Å². The lowest BCUT2D eigenvalue weighted by Gasteiger charge is -2.21. The molecule has 0 radical (unpaired) electrons. The van der Waals surface area contributed by atoms with Crippen molar-refractivity contribution < 1.29 is 13.2 Å². The van der Waals surface area contributed by atoms with E-state index >= 15 is 0 Å². The molecule has 6 heteroatoms. The fourth-order valence-corrected chi connectivity index (χ4v) is 4.70. The third kappa shape index (κ3) is 5.72. The molecule has 32 heavy (non-hydrogen) atoms. The van der Waals surface area contributed by atoms with Crippen molar-refractivity contribution in [3.63, 3.8) is 0 Å². The normalized spacial score (nSPS) is 11.3. The summed E-state index contributed by atoms with van der Waals surface area (Å²) in [7, 11) is -3.67. The van der Waals surface area contributed by atoms with E-state index in [1.54, 1.807) is 54.6 Å². The van der Waals surface area contributed by atoms with Crippen LogP contribution in [0.4, 0.5) is 0 Å². The van der Waals surface area contributed by atoms with Gasteiger partial charge in [-0.3, -0.25) is 4.79 Å². The second-order valence-corrected chi connectivity index (χ2v) is 9.64. The molecule has 1 N–H and O–H groups in total. The topological polar surface area (TPSA) is 66.5 Å². The summed E-state index contributed by atoms with van der Waals surface area (Å²) in [5.41, 5.74) is 4.51. The van der Waals surface area contributed by atoms with E-state index in [0.29, 0.717) is 12.1 Å². The molecule has 1 amide bonds. The minimum Gasteiger partial charge on any atom is -0.348 e. The zero-order chi connectivity index (χ0) is 23.1. The molecule has 0 aliphatic rings. The van der Waals surface area contributed by atoms with Gasteiger partial charge in [-0.25, -0.2) is 8.42 Å². The summed E-state index contributed by atoms with van der Waals surface area (Å²) in [5, 5.41) is 2.93. The molecule has 0 unspecified atom stereocenters. The number of carbonyl (C=O) groups is 1. The maximum Gasteiger partial charge on any atom is 0.251 e. The van der Waals surface area contributed by atoms with Crippen LogP contribution in [0, 0.1) is 13.8 Å². The third-order valence-corrected chi connectivity index (χ3v) is 7.09. The van der Waals surface area contributed by atoms with Gasteiger partial charge in [0.1, 0.15) is 0 Å². The first kappa shape index (κ1) is 23.4. The first-order valence-corrected chi connectivity index (χ1v) is 11.8. The van der Waals surface area contributed by atoms with Crippen LogP contribution in [0.25, 0.3) is 0 Å². The average molecular weight is 449 g/mol. The Morgan fingerprint density at radius 3 is 2.25 bits per heavy atom. The molecule has 0 atom stereocenters. The number of amides is 1. The summed E-state index contributed by atoms with van der Waals surface area (Å²) in [5.74, 6) is -0.171. The minimum atomic E-state index is -3.67. The van der Waals surface area contributed by atoms with Crippen LogP contribution >= 0.6 is 0 Å². The first-order valence-electron chi connectivity index (χ1n) is 10.4. The predicted octanol–water partition coefficient (Wildman–Crippen LogP) is 4.61. The number of hydrogen-bond acceptors (Lipinski definition) is 3. The van der Waals surface area contributed by atoms with Crippen molar-refractivity contribution in [2.24, 2.45) is 0 Å². The molecule has 0 spiro atoms. The van der Waals surface area contributed by atoms with Crippen LogP contribution in [-0.2, 0) is 23.1 Å². The number of sulfonamides is 1. The standard InChI is InChI=1S/C26H28N2O3S/c1-4-17-28(32(30,31)25-15-9-20(2)10-16-25)19-22-11-13-23(14-12-22)26(29)27-18-24-8-6-5-7-21(24)3/h4-16H,1,17-19H2,2-3H3,(H,27,29). The van der Waals surface area contributed by atoms with Crippen LogP contribution < -0.4 is 5.32 Å². The van der Waals surface area contributed by atoms with Gasteiger partial charge in [-0.15, -0.1) is 6.58 Å². The maximum atomic E-state index is 13.1. The number of rotatable bonds is 9. The van der Waals surface area contributed by atoms with E-state index in [2.05, 4.69) is 11.9 Å². The number of benzene rings is 3. The zero-order valence-electron chi connectivity index (χ0n) is 18.4. The number of nitrogens with one attached hydrogen (secondary N) is 1. The van der Waals surface area contributed by atoms with E-state index in [-0.39, 0.29) is 23.9 Å². The third-order valence-electron chi connectivity index (χ3n) is 5.27. The summed E-state index contributed by atoms with van der Waals surface area (Å²) in [4.78, 5) is 12.8. The van der Waals surface area contributed by atoms with Crippen LogP contribution in [0.5, 0.6) is 0 Å². The summed E-state index contributed by atoms with van der Waals surface area (Å²) in [6.07, 6.45) is 1.57. The highest BCUT2D eigenvalue weighted by Crippen LogP contribution is 2.19. The molecule has 0 saturated heterocycles. The smallest absolute Gasteiger partial charge is 0.251 e. The fourth-order valence-electron chi connectivity index (χ4n) is 3.30. The lowest BCUT2D eigenvalue weighted by Crippen LogP contribution is -2.31. The molecule has 0 aliphatic heterocycles. The summed E-state index contributed by atoms with van der Waals surface area (Å²) in [6, 6.07) is 21.7. The van der Waals surface area contributed by atoms with Gasteiger partial charge in [0, 0.05) is 25.2 Å². The molecule has 3 aromatic rings. The van der Waals surface area contributed by atoms with Crippen molar-refractivity contribution in [3.05, 3.63) is 113 Å². The number of nitrogens with zero attached hydrogens (tertiary/aromatic N) is 1. The highest BCUT2D eigenvalue weighted by atomic mass is 32.2. The summed E-state index contributed by atoms with van der Waals surface area (Å²) >= 11 is 0. The second-order valence-electron chi connectivity index (χ2n) is 7.71. The van der Waals surface area contributed by atoms with Gasteiger partial charge < -0.3 is 5.32 Å². The minimum absolute atomic E-state index is 0.171. The van der Waals surface area contributed by atoms with Crippen LogP contribution in [-0.4, -0.2) is 25.2 Å². The van der Waals surface area contributed by atoms with Crippen LogP contribution in [0.3, 0.4) is 0 Å². The maximum absolute atomic E-state index is 13.1. The van der Waals surface area contributed by atoms with Gasteiger partial charge in [-0.05, 0) is 54.8 Å². The number of carbonyl (C=O) groups excluding carboxylic acids is 1. The van der Waals surface area contributed by atoms with Gasteiger partial charge in [-0.1, -0.05) is 60.2 Å². The highest BCUT2D eigenvalue weighted by molar-refractivity contribution is 7.89. The largest absolute Gasteiger partial charge is 0.348 e. The molecule has 0 aliphatic carbocycles. The lowest BCUT2D eigenvalue weighted by molar-refractivity contribution is 0.0951. The van der Waals surface area contributed by atoms with Crippen LogP contribution in [0.1, 0.15) is 32.6 Å². The van der Waals surface area contributed by atoms with Gasteiger partial charge >= 0.3 is 0 Å². The van der Waals surface area contributed by atoms with E-state index < -0.39 is 10.0 Å². The van der Waals surface area contributed by atoms with Crippen molar-refractivity contribution in [3.8, 4) is 0 Å². The van der Waals surface area contributed by atoms with E-state index in [4.69, 9.17) is 0 Å².